The molecule has 4 rings (SSSR count). The van der Waals surface area contributed by atoms with Crippen LogP contribution >= 0.6 is 0 Å². The summed E-state index contributed by atoms with van der Waals surface area (Å²) in [5.41, 5.74) is 6.35. The molecule has 2 nitrogen and oxygen atoms in total. The summed E-state index contributed by atoms with van der Waals surface area (Å²) in [6, 6.07) is 23.6. The van der Waals surface area contributed by atoms with Crippen molar-refractivity contribution in [2.45, 2.75) is 13.1 Å². The predicted molar refractivity (Wildman–Crippen MR) is 117 cm³/mol. The summed E-state index contributed by atoms with van der Waals surface area (Å²) in [5.74, 6) is 0. The molecule has 0 N–H and O–H groups in total. The largest absolute Gasteiger partial charge is 0.286 e. The Kier molecular flexibility index (Phi) is 5.31. The minimum Gasteiger partial charge on any atom is -0.286 e. The van der Waals surface area contributed by atoms with Gasteiger partial charge in [0.2, 0.25) is 0 Å². The standard InChI is InChI=1S/C26H25N2/c1-2-22-8-10-24(11-9-22)21-28(20-23-6-4-3-5-7-23)18-14-26(15-19-28)25-12-16-27-17-13-25/h2-18H,1,19-21H2/q+1. The molecule has 2 heterocycles. The zero-order valence-electron chi connectivity index (χ0n) is 16.0. The third kappa shape index (κ3) is 4.19. The van der Waals surface area contributed by atoms with Crippen molar-refractivity contribution in [3.05, 3.63) is 126 Å². The van der Waals surface area contributed by atoms with E-state index in [4.69, 9.17) is 0 Å². The van der Waals surface area contributed by atoms with E-state index in [-0.39, 0.29) is 0 Å². The van der Waals surface area contributed by atoms with E-state index in [2.05, 4.69) is 96.6 Å². The summed E-state index contributed by atoms with van der Waals surface area (Å²) in [5, 5.41) is 0. The molecule has 28 heavy (non-hydrogen) atoms. The maximum Gasteiger partial charge on any atom is 0.109 e. The quantitative estimate of drug-likeness (QED) is 0.499. The highest BCUT2D eigenvalue weighted by Gasteiger charge is 2.27. The van der Waals surface area contributed by atoms with Crippen LogP contribution in [0.15, 0.2) is 104 Å². The Balaban J connectivity index is 1.62. The van der Waals surface area contributed by atoms with E-state index in [0.717, 1.165) is 29.7 Å². The Morgan fingerprint density at radius 2 is 1.54 bits per heavy atom. The van der Waals surface area contributed by atoms with Crippen LogP contribution in [0.1, 0.15) is 22.3 Å². The average Bonchev–Trinajstić information content (AvgIpc) is 2.76. The van der Waals surface area contributed by atoms with Crippen molar-refractivity contribution < 1.29 is 4.48 Å². The van der Waals surface area contributed by atoms with Gasteiger partial charge >= 0.3 is 0 Å². The first-order valence-corrected chi connectivity index (χ1v) is 9.67. The molecule has 1 aromatic heterocycles. The predicted octanol–water partition coefficient (Wildman–Crippen LogP) is 5.85. The molecule has 0 saturated heterocycles. The minimum absolute atomic E-state index is 0.881. The first kappa shape index (κ1) is 18.1. The van der Waals surface area contributed by atoms with E-state index >= 15 is 0 Å². The summed E-state index contributed by atoms with van der Waals surface area (Å²) < 4.78 is 0.881. The Bertz CT molecular complexity index is 986. The van der Waals surface area contributed by atoms with Gasteiger partial charge in [0.15, 0.2) is 0 Å². The van der Waals surface area contributed by atoms with Gasteiger partial charge in [0.1, 0.15) is 19.6 Å². The fourth-order valence-corrected chi connectivity index (χ4v) is 3.77. The maximum atomic E-state index is 4.13. The molecule has 0 radical (unpaired) electrons. The van der Waals surface area contributed by atoms with Gasteiger partial charge in [0.25, 0.3) is 0 Å². The number of hydrogen-bond donors (Lipinski definition) is 0. The molecule has 0 saturated carbocycles. The van der Waals surface area contributed by atoms with E-state index in [1.165, 1.54) is 22.3 Å². The summed E-state index contributed by atoms with van der Waals surface area (Å²) in [6.45, 7) is 6.75. The highest BCUT2D eigenvalue weighted by Crippen LogP contribution is 2.28. The second-order valence-electron chi connectivity index (χ2n) is 7.36. The third-order valence-electron chi connectivity index (χ3n) is 5.31. The van der Waals surface area contributed by atoms with Crippen molar-refractivity contribution in [2.24, 2.45) is 0 Å². The molecular weight excluding hydrogens is 340 g/mol. The van der Waals surface area contributed by atoms with Crippen LogP contribution in [0.3, 0.4) is 0 Å². The molecular formula is C26H25N2+. The Hall–Kier alpha value is -3.23. The lowest BCUT2D eigenvalue weighted by Crippen LogP contribution is -2.42. The van der Waals surface area contributed by atoms with E-state index in [0.29, 0.717) is 0 Å². The van der Waals surface area contributed by atoms with Crippen molar-refractivity contribution in [3.8, 4) is 0 Å². The van der Waals surface area contributed by atoms with Gasteiger partial charge < -0.3 is 0 Å². The van der Waals surface area contributed by atoms with Crippen molar-refractivity contribution in [1.29, 1.82) is 0 Å². The van der Waals surface area contributed by atoms with Crippen LogP contribution < -0.4 is 0 Å². The normalized spacial score (nSPS) is 18.5. The Labute approximate surface area is 167 Å². The van der Waals surface area contributed by atoms with Crippen LogP contribution in [0, 0.1) is 0 Å². The fourth-order valence-electron chi connectivity index (χ4n) is 3.77. The van der Waals surface area contributed by atoms with Gasteiger partial charge in [-0.3, -0.25) is 9.47 Å². The van der Waals surface area contributed by atoms with E-state index < -0.39 is 0 Å². The van der Waals surface area contributed by atoms with Gasteiger partial charge in [-0.1, -0.05) is 67.3 Å². The van der Waals surface area contributed by atoms with Crippen LogP contribution in [0.5, 0.6) is 0 Å². The Morgan fingerprint density at radius 1 is 0.857 bits per heavy atom. The molecule has 0 amide bonds. The first-order chi connectivity index (χ1) is 13.8. The molecule has 3 aromatic rings. The fraction of sp³-hybridized carbons (Fsp3) is 0.115. The molecule has 1 unspecified atom stereocenters. The van der Waals surface area contributed by atoms with Crippen molar-refractivity contribution in [3.63, 3.8) is 0 Å². The molecule has 0 fully saturated rings. The molecule has 2 heteroatoms. The smallest absolute Gasteiger partial charge is 0.109 e. The van der Waals surface area contributed by atoms with Crippen LogP contribution in [0.4, 0.5) is 0 Å². The molecule has 2 aromatic carbocycles. The number of rotatable bonds is 6. The molecule has 0 aliphatic carbocycles. The molecule has 0 bridgehead atoms. The molecule has 1 aliphatic heterocycles. The van der Waals surface area contributed by atoms with Gasteiger partial charge in [0, 0.05) is 23.5 Å². The van der Waals surface area contributed by atoms with Gasteiger partial charge in [-0.2, -0.15) is 0 Å². The number of aromatic nitrogens is 1. The van der Waals surface area contributed by atoms with Gasteiger partial charge in [-0.15, -0.1) is 0 Å². The van der Waals surface area contributed by atoms with Crippen molar-refractivity contribution in [2.75, 3.05) is 6.54 Å². The topological polar surface area (TPSA) is 12.9 Å². The van der Waals surface area contributed by atoms with Crippen LogP contribution in [-0.2, 0) is 13.1 Å². The zero-order chi connectivity index (χ0) is 19.2. The van der Waals surface area contributed by atoms with Gasteiger partial charge in [-0.25, -0.2) is 0 Å². The minimum atomic E-state index is 0.881. The van der Waals surface area contributed by atoms with E-state index in [9.17, 15) is 0 Å². The SMILES string of the molecule is C=Cc1ccc(C[N+]2(Cc3ccccc3)C=CC(c3ccncc3)=CC2)cc1. The second-order valence-corrected chi connectivity index (χ2v) is 7.36. The highest BCUT2D eigenvalue weighted by molar-refractivity contribution is 5.74. The van der Waals surface area contributed by atoms with Crippen molar-refractivity contribution >= 4 is 11.6 Å². The maximum absolute atomic E-state index is 4.13. The summed E-state index contributed by atoms with van der Waals surface area (Å²) in [4.78, 5) is 4.13. The lowest BCUT2D eigenvalue weighted by molar-refractivity contribution is -0.901. The van der Waals surface area contributed by atoms with Crippen LogP contribution in [-0.4, -0.2) is 16.0 Å². The number of pyridine rings is 1. The van der Waals surface area contributed by atoms with Crippen LogP contribution in [0.25, 0.3) is 11.6 Å². The summed E-state index contributed by atoms with van der Waals surface area (Å²) >= 11 is 0. The molecule has 138 valence electrons. The lowest BCUT2D eigenvalue weighted by atomic mass is 10.0. The number of allylic oxidation sites excluding steroid dienone is 2. The van der Waals surface area contributed by atoms with Gasteiger partial charge in [-0.05, 0) is 41.0 Å². The van der Waals surface area contributed by atoms with Crippen molar-refractivity contribution in [1.82, 2.24) is 4.98 Å². The summed E-state index contributed by atoms with van der Waals surface area (Å²) in [7, 11) is 0. The van der Waals surface area contributed by atoms with Gasteiger partial charge in [0.05, 0.1) is 6.20 Å². The lowest BCUT2D eigenvalue weighted by Gasteiger charge is -2.36. The summed E-state index contributed by atoms with van der Waals surface area (Å²) in [6.07, 6.45) is 12.6. The molecule has 1 atom stereocenters. The molecule has 0 spiro atoms. The Morgan fingerprint density at radius 3 is 2.14 bits per heavy atom. The number of nitrogens with zero attached hydrogens (tertiary/aromatic N) is 2. The van der Waals surface area contributed by atoms with E-state index in [1.807, 2.05) is 18.5 Å². The monoisotopic (exact) mass is 365 g/mol. The average molecular weight is 366 g/mol. The third-order valence-corrected chi connectivity index (χ3v) is 5.31. The van der Waals surface area contributed by atoms with E-state index in [1.54, 1.807) is 0 Å². The number of quaternary nitrogens is 1. The second kappa shape index (κ2) is 8.20. The zero-order valence-corrected chi connectivity index (χ0v) is 16.0. The number of hydrogen-bond acceptors (Lipinski definition) is 1. The van der Waals surface area contributed by atoms with Crippen LogP contribution in [0.2, 0.25) is 0 Å². The number of benzene rings is 2. The molecule has 1 aliphatic rings. The highest BCUT2D eigenvalue weighted by atomic mass is 15.3. The first-order valence-electron chi connectivity index (χ1n) is 9.67.